The smallest absolute Gasteiger partial charge is 0.254 e. The van der Waals surface area contributed by atoms with E-state index in [9.17, 15) is 9.59 Å². The lowest BCUT2D eigenvalue weighted by molar-refractivity contribution is -0.117. The number of amides is 2. The van der Waals surface area contributed by atoms with Crippen molar-refractivity contribution in [2.45, 2.75) is 77.8 Å². The molecule has 0 aromatic heterocycles. The molecule has 1 aromatic rings. The summed E-state index contributed by atoms with van der Waals surface area (Å²) in [5.41, 5.74) is 2.04. The number of anilines is 1. The second-order valence-electron chi connectivity index (χ2n) is 11.9. The highest BCUT2D eigenvalue weighted by Gasteiger charge is 2.51. The molecule has 2 saturated carbocycles. The third-order valence-corrected chi connectivity index (χ3v) is 8.20. The first kappa shape index (κ1) is 21.0. The normalized spacial score (nSPS) is 34.0. The van der Waals surface area contributed by atoms with Crippen LogP contribution in [0.5, 0.6) is 0 Å². The highest BCUT2D eigenvalue weighted by molar-refractivity contribution is 5.96. The van der Waals surface area contributed by atoms with Crippen molar-refractivity contribution in [1.82, 2.24) is 9.80 Å². The van der Waals surface area contributed by atoms with Gasteiger partial charge in [-0.1, -0.05) is 27.2 Å². The molecular weight excluding hydrogens is 386 g/mol. The minimum absolute atomic E-state index is 0.0510. The second-order valence-corrected chi connectivity index (χ2v) is 11.9. The van der Waals surface area contributed by atoms with Crippen molar-refractivity contribution in [1.29, 1.82) is 0 Å². The monoisotopic (exact) mass is 423 g/mol. The maximum Gasteiger partial charge on any atom is 0.254 e. The van der Waals surface area contributed by atoms with Crippen molar-refractivity contribution in [2.24, 2.45) is 16.7 Å². The number of fused-ring (bicyclic) bond motifs is 4. The van der Waals surface area contributed by atoms with Gasteiger partial charge in [0.15, 0.2) is 0 Å². The Labute approximate surface area is 186 Å². The van der Waals surface area contributed by atoms with E-state index >= 15 is 0 Å². The van der Waals surface area contributed by atoms with Crippen LogP contribution in [0, 0.1) is 16.7 Å². The molecular formula is C26H37N3O2. The summed E-state index contributed by atoms with van der Waals surface area (Å²) in [6.07, 6.45) is 8.50. The van der Waals surface area contributed by atoms with Crippen LogP contribution >= 0.6 is 0 Å². The SMILES string of the molecule is CC1(C)CC2CC(C)(CN2C(=O)c2ccc(NC(=O)CN3CC4CCCC3C4)cc2)C1. The summed E-state index contributed by atoms with van der Waals surface area (Å²) >= 11 is 0. The average molecular weight is 424 g/mol. The molecule has 1 aromatic carbocycles. The van der Waals surface area contributed by atoms with E-state index in [2.05, 4.69) is 35.9 Å². The molecule has 2 amide bonds. The topological polar surface area (TPSA) is 52.7 Å². The molecule has 5 nitrogen and oxygen atoms in total. The van der Waals surface area contributed by atoms with Crippen LogP contribution in [-0.4, -0.2) is 53.3 Å². The Morgan fingerprint density at radius 2 is 1.84 bits per heavy atom. The third kappa shape index (κ3) is 4.26. The number of hydrogen-bond acceptors (Lipinski definition) is 3. The van der Waals surface area contributed by atoms with E-state index in [1.807, 2.05) is 24.3 Å². The van der Waals surface area contributed by atoms with Crippen molar-refractivity contribution in [3.05, 3.63) is 29.8 Å². The van der Waals surface area contributed by atoms with Crippen molar-refractivity contribution >= 4 is 17.5 Å². The summed E-state index contributed by atoms with van der Waals surface area (Å²) in [5.74, 6) is 0.971. The first-order chi connectivity index (χ1) is 14.7. The molecule has 0 spiro atoms. The zero-order valence-electron chi connectivity index (χ0n) is 19.3. The highest BCUT2D eigenvalue weighted by atomic mass is 16.2. The fourth-order valence-electron chi connectivity index (χ4n) is 7.38. The molecule has 2 heterocycles. The van der Waals surface area contributed by atoms with Crippen molar-refractivity contribution in [2.75, 3.05) is 25.0 Å². The van der Waals surface area contributed by atoms with Gasteiger partial charge in [0.25, 0.3) is 5.91 Å². The zero-order chi connectivity index (χ0) is 21.8. The molecule has 4 aliphatic rings. The van der Waals surface area contributed by atoms with Crippen LogP contribution < -0.4 is 5.32 Å². The fraction of sp³-hybridized carbons (Fsp3) is 0.692. The third-order valence-electron chi connectivity index (χ3n) is 8.20. The molecule has 4 atom stereocenters. The molecule has 0 radical (unpaired) electrons. The number of carbonyl (C=O) groups is 2. The van der Waals surface area contributed by atoms with Crippen LogP contribution in [0.2, 0.25) is 0 Å². The van der Waals surface area contributed by atoms with Crippen LogP contribution in [0.15, 0.2) is 24.3 Å². The van der Waals surface area contributed by atoms with E-state index in [1.165, 1.54) is 32.1 Å². The van der Waals surface area contributed by atoms with Gasteiger partial charge < -0.3 is 10.2 Å². The Morgan fingerprint density at radius 1 is 1.06 bits per heavy atom. The van der Waals surface area contributed by atoms with E-state index in [0.29, 0.717) is 24.0 Å². The van der Waals surface area contributed by atoms with Gasteiger partial charge in [0.2, 0.25) is 5.91 Å². The van der Waals surface area contributed by atoms with Gasteiger partial charge >= 0.3 is 0 Å². The average Bonchev–Trinajstić information content (AvgIpc) is 3.11. The molecule has 5 rings (SSSR count). The molecule has 4 unspecified atom stereocenters. The first-order valence-electron chi connectivity index (χ1n) is 12.1. The largest absolute Gasteiger partial charge is 0.335 e. The van der Waals surface area contributed by atoms with Crippen LogP contribution in [0.4, 0.5) is 5.69 Å². The van der Waals surface area contributed by atoms with Gasteiger partial charge in [-0.3, -0.25) is 14.5 Å². The summed E-state index contributed by atoms with van der Waals surface area (Å²) in [7, 11) is 0. The summed E-state index contributed by atoms with van der Waals surface area (Å²) in [4.78, 5) is 30.3. The maximum absolute atomic E-state index is 13.2. The minimum Gasteiger partial charge on any atom is -0.335 e. The Kier molecular flexibility index (Phi) is 5.16. The molecule has 4 fully saturated rings. The highest BCUT2D eigenvalue weighted by Crippen LogP contribution is 2.52. The quantitative estimate of drug-likeness (QED) is 0.774. The predicted molar refractivity (Wildman–Crippen MR) is 123 cm³/mol. The van der Waals surface area contributed by atoms with Gasteiger partial charge in [-0.15, -0.1) is 0 Å². The second kappa shape index (κ2) is 7.61. The Bertz CT molecular complexity index is 864. The summed E-state index contributed by atoms with van der Waals surface area (Å²) in [5, 5.41) is 3.03. The van der Waals surface area contributed by atoms with Crippen LogP contribution in [-0.2, 0) is 4.79 Å². The number of nitrogens with one attached hydrogen (secondary N) is 1. The predicted octanol–water partition coefficient (Wildman–Crippen LogP) is 4.54. The van der Waals surface area contributed by atoms with Crippen LogP contribution in [0.25, 0.3) is 0 Å². The van der Waals surface area contributed by atoms with E-state index in [4.69, 9.17) is 0 Å². The number of benzene rings is 1. The molecule has 1 N–H and O–H groups in total. The number of nitrogens with zero attached hydrogens (tertiary/aromatic N) is 2. The molecule has 31 heavy (non-hydrogen) atoms. The molecule has 5 heteroatoms. The Morgan fingerprint density at radius 3 is 2.58 bits per heavy atom. The van der Waals surface area contributed by atoms with Crippen molar-refractivity contribution in [3.8, 4) is 0 Å². The molecule has 4 bridgehead atoms. The van der Waals surface area contributed by atoms with Gasteiger partial charge in [-0.25, -0.2) is 0 Å². The van der Waals surface area contributed by atoms with Gasteiger partial charge in [-0.2, -0.15) is 0 Å². The van der Waals surface area contributed by atoms with E-state index in [-0.39, 0.29) is 17.2 Å². The van der Waals surface area contributed by atoms with E-state index < -0.39 is 0 Å². The van der Waals surface area contributed by atoms with E-state index in [1.54, 1.807) is 0 Å². The molecule has 168 valence electrons. The van der Waals surface area contributed by atoms with Gasteiger partial charge in [0.05, 0.1) is 6.54 Å². The Balaban J connectivity index is 1.19. The fourth-order valence-corrected chi connectivity index (χ4v) is 7.38. The Hall–Kier alpha value is -1.88. The van der Waals surface area contributed by atoms with Crippen LogP contribution in [0.3, 0.4) is 0 Å². The summed E-state index contributed by atoms with van der Waals surface area (Å²) in [6.45, 7) is 9.40. The number of rotatable bonds is 4. The standard InChI is InChI=1S/C26H37N3O2/c1-25(2)12-22-13-26(3,16-25)17-29(22)24(31)19-7-9-20(10-8-19)27-23(30)15-28-14-18-5-4-6-21(28)11-18/h7-10,18,21-22H,4-6,11-17H2,1-3H3,(H,27,30). The summed E-state index contributed by atoms with van der Waals surface area (Å²) < 4.78 is 0. The lowest BCUT2D eigenvalue weighted by atomic mass is 9.65. The van der Waals surface area contributed by atoms with Gasteiger partial charge in [-0.05, 0) is 79.5 Å². The van der Waals surface area contributed by atoms with Gasteiger partial charge in [0.1, 0.15) is 0 Å². The first-order valence-corrected chi connectivity index (χ1v) is 12.1. The maximum atomic E-state index is 13.2. The molecule has 2 aliphatic carbocycles. The minimum atomic E-state index is 0.0510. The zero-order valence-corrected chi connectivity index (χ0v) is 19.3. The molecule has 2 aliphatic heterocycles. The lowest BCUT2D eigenvalue weighted by Crippen LogP contribution is -2.37. The number of hydrogen-bond donors (Lipinski definition) is 1. The van der Waals surface area contributed by atoms with E-state index in [0.717, 1.165) is 43.1 Å². The van der Waals surface area contributed by atoms with Crippen molar-refractivity contribution in [3.63, 3.8) is 0 Å². The van der Waals surface area contributed by atoms with Crippen molar-refractivity contribution < 1.29 is 9.59 Å². The lowest BCUT2D eigenvalue weighted by Gasteiger charge is -2.39. The molecule has 2 saturated heterocycles. The number of likely N-dealkylation sites (tertiary alicyclic amines) is 2. The van der Waals surface area contributed by atoms with Crippen LogP contribution in [0.1, 0.15) is 76.1 Å². The summed E-state index contributed by atoms with van der Waals surface area (Å²) in [6, 6.07) is 8.44. The number of carbonyl (C=O) groups excluding carboxylic acids is 2. The van der Waals surface area contributed by atoms with Gasteiger partial charge in [0, 0.05) is 36.4 Å².